The maximum atomic E-state index is 10.6. The third-order valence-electron chi connectivity index (χ3n) is 3.17. The quantitative estimate of drug-likeness (QED) is 0.718. The van der Waals surface area contributed by atoms with E-state index in [1.807, 2.05) is 6.07 Å². The summed E-state index contributed by atoms with van der Waals surface area (Å²) in [6.45, 7) is 5.69. The first kappa shape index (κ1) is 10.7. The highest BCUT2D eigenvalue weighted by Crippen LogP contribution is 2.30. The maximum absolute atomic E-state index is 10.6. The predicted molar refractivity (Wildman–Crippen MR) is 64.9 cm³/mol. The number of thiophene rings is 1. The Morgan fingerprint density at radius 3 is 2.93 bits per heavy atom. The van der Waals surface area contributed by atoms with Gasteiger partial charge in [0.25, 0.3) is 0 Å². The molecule has 82 valence electrons. The van der Waals surface area contributed by atoms with E-state index >= 15 is 0 Å². The van der Waals surface area contributed by atoms with E-state index in [4.69, 9.17) is 0 Å². The molecule has 1 fully saturated rings. The fraction of sp³-hybridized carbons (Fsp3) is 0.583. The van der Waals surface area contributed by atoms with Crippen LogP contribution >= 0.6 is 11.3 Å². The Balaban J connectivity index is 2.17. The first-order chi connectivity index (χ1) is 7.20. The molecular weight excluding hydrogens is 206 g/mol. The lowest BCUT2D eigenvalue weighted by Crippen LogP contribution is -2.40. The Morgan fingerprint density at radius 2 is 2.27 bits per heavy atom. The minimum atomic E-state index is 0.607. The van der Waals surface area contributed by atoms with Crippen LogP contribution in [0, 0.1) is 5.92 Å². The van der Waals surface area contributed by atoms with Crippen LogP contribution in [0.5, 0.6) is 0 Å². The number of nitrogens with zero attached hydrogens (tertiary/aromatic N) is 1. The summed E-state index contributed by atoms with van der Waals surface area (Å²) in [5, 5.41) is 2.10. The van der Waals surface area contributed by atoms with Gasteiger partial charge in [-0.2, -0.15) is 0 Å². The molecule has 0 aliphatic carbocycles. The van der Waals surface area contributed by atoms with Crippen molar-refractivity contribution in [2.45, 2.75) is 32.7 Å². The van der Waals surface area contributed by atoms with Gasteiger partial charge in [-0.15, -0.1) is 11.3 Å². The van der Waals surface area contributed by atoms with Crippen LogP contribution in [-0.2, 0) is 0 Å². The molecule has 1 aromatic rings. The molecule has 2 nitrogen and oxygen atoms in total. The lowest BCUT2D eigenvalue weighted by atomic mass is 9.95. The average Bonchev–Trinajstić information content (AvgIpc) is 2.70. The summed E-state index contributed by atoms with van der Waals surface area (Å²) in [6, 6.07) is 2.61. The monoisotopic (exact) mass is 223 g/mol. The van der Waals surface area contributed by atoms with Crippen LogP contribution in [0.15, 0.2) is 11.4 Å². The molecule has 15 heavy (non-hydrogen) atoms. The zero-order valence-electron chi connectivity index (χ0n) is 9.27. The molecule has 2 rings (SSSR count). The van der Waals surface area contributed by atoms with Crippen molar-refractivity contribution in [2.24, 2.45) is 5.92 Å². The van der Waals surface area contributed by atoms with Gasteiger partial charge in [-0.3, -0.25) is 4.79 Å². The highest BCUT2D eigenvalue weighted by Gasteiger charge is 2.23. The number of hydrogen-bond acceptors (Lipinski definition) is 3. The Labute approximate surface area is 94.9 Å². The first-order valence-corrected chi connectivity index (χ1v) is 6.39. The van der Waals surface area contributed by atoms with Crippen LogP contribution < -0.4 is 4.90 Å². The standard InChI is InChI=1S/C12H17NOS/c1-9-3-4-10(2)13(6-9)11-5-12(7-14)15-8-11/h5,7-10H,3-4,6H2,1-2H3. The van der Waals surface area contributed by atoms with Crippen molar-refractivity contribution in [2.75, 3.05) is 11.4 Å². The van der Waals surface area contributed by atoms with E-state index in [1.165, 1.54) is 29.9 Å². The molecule has 0 spiro atoms. The third-order valence-corrected chi connectivity index (χ3v) is 4.02. The van der Waals surface area contributed by atoms with Crippen LogP contribution in [0.1, 0.15) is 36.4 Å². The van der Waals surface area contributed by atoms with Crippen LogP contribution in [0.3, 0.4) is 0 Å². The number of carbonyl (C=O) groups excluding carboxylic acids is 1. The lowest BCUT2D eigenvalue weighted by Gasteiger charge is -2.37. The zero-order valence-corrected chi connectivity index (χ0v) is 10.1. The van der Waals surface area contributed by atoms with E-state index < -0.39 is 0 Å². The van der Waals surface area contributed by atoms with Gasteiger partial charge in [0.2, 0.25) is 0 Å². The van der Waals surface area contributed by atoms with Crippen LogP contribution in [0.25, 0.3) is 0 Å². The summed E-state index contributed by atoms with van der Waals surface area (Å²) in [6.07, 6.45) is 3.52. The Morgan fingerprint density at radius 1 is 1.47 bits per heavy atom. The van der Waals surface area contributed by atoms with Gasteiger partial charge in [-0.1, -0.05) is 6.92 Å². The van der Waals surface area contributed by atoms with E-state index in [0.717, 1.165) is 23.6 Å². The SMILES string of the molecule is CC1CCC(C)N(c2csc(C=O)c2)C1. The molecule has 1 aliphatic heterocycles. The number of anilines is 1. The summed E-state index contributed by atoms with van der Waals surface area (Å²) in [4.78, 5) is 13.9. The second kappa shape index (κ2) is 4.35. The van der Waals surface area contributed by atoms with Gasteiger partial charge in [0.15, 0.2) is 6.29 Å². The van der Waals surface area contributed by atoms with Gasteiger partial charge in [0.05, 0.1) is 4.88 Å². The minimum Gasteiger partial charge on any atom is -0.368 e. The maximum Gasteiger partial charge on any atom is 0.160 e. The average molecular weight is 223 g/mol. The Hall–Kier alpha value is -0.830. The topological polar surface area (TPSA) is 20.3 Å². The van der Waals surface area contributed by atoms with Crippen molar-refractivity contribution in [3.8, 4) is 0 Å². The third kappa shape index (κ3) is 2.23. The van der Waals surface area contributed by atoms with E-state index in [0.29, 0.717) is 6.04 Å². The highest BCUT2D eigenvalue weighted by atomic mass is 32.1. The molecule has 0 aromatic carbocycles. The molecule has 2 heterocycles. The fourth-order valence-corrected chi connectivity index (χ4v) is 2.91. The fourth-order valence-electron chi connectivity index (χ4n) is 2.20. The molecule has 3 heteroatoms. The van der Waals surface area contributed by atoms with Crippen molar-refractivity contribution in [3.63, 3.8) is 0 Å². The van der Waals surface area contributed by atoms with Gasteiger partial charge in [-0.05, 0) is 31.7 Å². The summed E-state index contributed by atoms with van der Waals surface area (Å²) in [7, 11) is 0. The van der Waals surface area contributed by atoms with Crippen LogP contribution in [-0.4, -0.2) is 18.9 Å². The van der Waals surface area contributed by atoms with E-state index in [1.54, 1.807) is 0 Å². The van der Waals surface area contributed by atoms with Gasteiger partial charge < -0.3 is 4.90 Å². The number of carbonyl (C=O) groups is 1. The molecule has 0 radical (unpaired) electrons. The number of hydrogen-bond donors (Lipinski definition) is 0. The number of piperidine rings is 1. The van der Waals surface area contributed by atoms with Crippen LogP contribution in [0.2, 0.25) is 0 Å². The summed E-state index contributed by atoms with van der Waals surface area (Å²) in [5.41, 5.74) is 1.22. The number of aldehydes is 1. The summed E-state index contributed by atoms with van der Waals surface area (Å²) >= 11 is 1.54. The molecule has 0 N–H and O–H groups in total. The molecule has 0 amide bonds. The predicted octanol–water partition coefficient (Wildman–Crippen LogP) is 3.19. The van der Waals surface area contributed by atoms with E-state index in [-0.39, 0.29) is 0 Å². The van der Waals surface area contributed by atoms with Gasteiger partial charge >= 0.3 is 0 Å². The smallest absolute Gasteiger partial charge is 0.160 e. The molecule has 1 saturated heterocycles. The first-order valence-electron chi connectivity index (χ1n) is 5.51. The molecule has 1 aliphatic rings. The largest absolute Gasteiger partial charge is 0.368 e. The zero-order chi connectivity index (χ0) is 10.8. The van der Waals surface area contributed by atoms with Crippen molar-refractivity contribution in [3.05, 3.63) is 16.3 Å². The van der Waals surface area contributed by atoms with E-state index in [2.05, 4.69) is 24.1 Å². The molecule has 2 atom stereocenters. The van der Waals surface area contributed by atoms with Crippen molar-refractivity contribution >= 4 is 23.3 Å². The molecule has 0 bridgehead atoms. The highest BCUT2D eigenvalue weighted by molar-refractivity contribution is 7.12. The van der Waals surface area contributed by atoms with Crippen molar-refractivity contribution in [1.82, 2.24) is 0 Å². The van der Waals surface area contributed by atoms with E-state index in [9.17, 15) is 4.79 Å². The summed E-state index contributed by atoms with van der Waals surface area (Å²) in [5.74, 6) is 0.765. The Kier molecular flexibility index (Phi) is 3.10. The molecule has 2 unspecified atom stereocenters. The van der Waals surface area contributed by atoms with Crippen LogP contribution in [0.4, 0.5) is 5.69 Å². The Bertz CT molecular complexity index is 347. The molecular formula is C12H17NOS. The molecule has 1 aromatic heterocycles. The normalized spacial score (nSPS) is 26.7. The number of rotatable bonds is 2. The van der Waals surface area contributed by atoms with Crippen molar-refractivity contribution in [1.29, 1.82) is 0 Å². The van der Waals surface area contributed by atoms with Crippen molar-refractivity contribution < 1.29 is 4.79 Å². The van der Waals surface area contributed by atoms with Gasteiger partial charge in [-0.25, -0.2) is 0 Å². The lowest BCUT2D eigenvalue weighted by molar-refractivity contribution is 0.112. The van der Waals surface area contributed by atoms with Gasteiger partial charge in [0.1, 0.15) is 0 Å². The second-order valence-corrected chi connectivity index (χ2v) is 5.45. The second-order valence-electron chi connectivity index (χ2n) is 4.51. The van der Waals surface area contributed by atoms with Gasteiger partial charge in [0, 0.05) is 23.7 Å². The molecule has 0 saturated carbocycles. The minimum absolute atomic E-state index is 0.607. The summed E-state index contributed by atoms with van der Waals surface area (Å²) < 4.78 is 0.